The van der Waals surface area contributed by atoms with Crippen molar-refractivity contribution < 1.29 is 18.6 Å². The molecule has 4 nitrogen and oxygen atoms in total. The molecule has 1 aromatic carbocycles. The Morgan fingerprint density at radius 3 is 2.05 bits per heavy atom. The molecule has 0 saturated carbocycles. The van der Waals surface area contributed by atoms with Crippen LogP contribution in [0, 0.1) is 0 Å². The highest BCUT2D eigenvalue weighted by molar-refractivity contribution is 7.90. The van der Waals surface area contributed by atoms with Gasteiger partial charge < -0.3 is 10.2 Å². The first-order chi connectivity index (χ1) is 8.84. The van der Waals surface area contributed by atoms with Crippen molar-refractivity contribution in [2.75, 3.05) is 6.26 Å². The van der Waals surface area contributed by atoms with Crippen LogP contribution in [0.15, 0.2) is 29.2 Å². The fraction of sp³-hybridized carbons (Fsp3) is 0.571. The summed E-state index contributed by atoms with van der Waals surface area (Å²) < 4.78 is 22.6. The van der Waals surface area contributed by atoms with E-state index in [-0.39, 0.29) is 0 Å². The molecule has 0 amide bonds. The highest BCUT2D eigenvalue weighted by Crippen LogP contribution is 2.14. The lowest BCUT2D eigenvalue weighted by Gasteiger charge is -2.16. The molecule has 19 heavy (non-hydrogen) atoms. The molecule has 0 aliphatic rings. The first-order valence-corrected chi connectivity index (χ1v) is 8.39. The van der Waals surface area contributed by atoms with Crippen LogP contribution in [-0.4, -0.2) is 37.1 Å². The van der Waals surface area contributed by atoms with Gasteiger partial charge in [0.15, 0.2) is 9.84 Å². The number of benzene rings is 1. The van der Waals surface area contributed by atoms with E-state index in [0.717, 1.165) is 12.0 Å². The molecule has 0 aliphatic carbocycles. The second kappa shape index (κ2) is 7.03. The van der Waals surface area contributed by atoms with Gasteiger partial charge in [0.05, 0.1) is 17.1 Å². The number of hydrogen-bond donors (Lipinski definition) is 2. The van der Waals surface area contributed by atoms with Crippen molar-refractivity contribution in [3.05, 3.63) is 29.8 Å². The van der Waals surface area contributed by atoms with Crippen LogP contribution in [0.2, 0.25) is 0 Å². The van der Waals surface area contributed by atoms with Crippen molar-refractivity contribution in [1.29, 1.82) is 0 Å². The minimum Gasteiger partial charge on any atom is -0.390 e. The molecule has 108 valence electrons. The summed E-state index contributed by atoms with van der Waals surface area (Å²) in [6.07, 6.45) is 2.28. The molecule has 0 aliphatic heterocycles. The molecule has 0 bridgehead atoms. The van der Waals surface area contributed by atoms with E-state index in [0.29, 0.717) is 24.2 Å². The fourth-order valence-electron chi connectivity index (χ4n) is 1.90. The molecular formula is C14H22O4S. The molecular weight excluding hydrogens is 264 g/mol. The van der Waals surface area contributed by atoms with Gasteiger partial charge in [-0.05, 0) is 37.0 Å². The van der Waals surface area contributed by atoms with Crippen LogP contribution in [-0.2, 0) is 16.3 Å². The van der Waals surface area contributed by atoms with E-state index in [2.05, 4.69) is 0 Å². The van der Waals surface area contributed by atoms with Crippen molar-refractivity contribution >= 4 is 9.84 Å². The number of hydrogen-bond acceptors (Lipinski definition) is 4. The van der Waals surface area contributed by atoms with E-state index in [4.69, 9.17) is 0 Å². The maximum atomic E-state index is 11.3. The van der Waals surface area contributed by atoms with Gasteiger partial charge in [-0.2, -0.15) is 0 Å². The maximum Gasteiger partial charge on any atom is 0.175 e. The zero-order valence-corrected chi connectivity index (χ0v) is 12.2. The monoisotopic (exact) mass is 286 g/mol. The summed E-state index contributed by atoms with van der Waals surface area (Å²) in [6.45, 7) is 1.96. The molecule has 0 heterocycles. The summed E-state index contributed by atoms with van der Waals surface area (Å²) >= 11 is 0. The van der Waals surface area contributed by atoms with Gasteiger partial charge in [0.1, 0.15) is 0 Å². The number of rotatable bonds is 7. The zero-order valence-electron chi connectivity index (χ0n) is 11.4. The van der Waals surface area contributed by atoms with E-state index in [1.54, 1.807) is 24.3 Å². The molecule has 2 N–H and O–H groups in total. The van der Waals surface area contributed by atoms with Crippen molar-refractivity contribution in [2.45, 2.75) is 49.7 Å². The Morgan fingerprint density at radius 1 is 1.05 bits per heavy atom. The van der Waals surface area contributed by atoms with Gasteiger partial charge in [0.25, 0.3) is 0 Å². The minimum atomic E-state index is -3.16. The Bertz CT molecular complexity index is 479. The van der Waals surface area contributed by atoms with Crippen LogP contribution >= 0.6 is 0 Å². The third kappa shape index (κ3) is 5.30. The van der Waals surface area contributed by atoms with Crippen LogP contribution in [0.5, 0.6) is 0 Å². The molecule has 5 heteroatoms. The third-order valence-corrected chi connectivity index (χ3v) is 4.24. The van der Waals surface area contributed by atoms with E-state index in [9.17, 15) is 18.6 Å². The summed E-state index contributed by atoms with van der Waals surface area (Å²) in [5.74, 6) is 0. The zero-order chi connectivity index (χ0) is 14.5. The minimum absolute atomic E-state index is 0.294. The fourth-order valence-corrected chi connectivity index (χ4v) is 2.53. The van der Waals surface area contributed by atoms with Gasteiger partial charge >= 0.3 is 0 Å². The molecule has 2 unspecified atom stereocenters. The van der Waals surface area contributed by atoms with Gasteiger partial charge in [-0.15, -0.1) is 0 Å². The summed E-state index contributed by atoms with van der Waals surface area (Å²) in [7, 11) is -3.16. The van der Waals surface area contributed by atoms with E-state index >= 15 is 0 Å². The van der Waals surface area contributed by atoms with Gasteiger partial charge in [0.2, 0.25) is 0 Å². The Morgan fingerprint density at radius 2 is 1.58 bits per heavy atom. The lowest BCUT2D eigenvalue weighted by atomic mass is 10.0. The highest BCUT2D eigenvalue weighted by Gasteiger charge is 2.15. The average molecular weight is 286 g/mol. The Kier molecular flexibility index (Phi) is 5.97. The first-order valence-electron chi connectivity index (χ1n) is 6.49. The van der Waals surface area contributed by atoms with Crippen LogP contribution in [0.4, 0.5) is 0 Å². The summed E-state index contributed by atoms with van der Waals surface area (Å²) in [5.41, 5.74) is 0.954. The van der Waals surface area contributed by atoms with Gasteiger partial charge in [-0.25, -0.2) is 8.42 Å². The van der Waals surface area contributed by atoms with E-state index < -0.39 is 22.0 Å². The van der Waals surface area contributed by atoms with Crippen LogP contribution in [0.3, 0.4) is 0 Å². The van der Waals surface area contributed by atoms with Crippen molar-refractivity contribution in [3.63, 3.8) is 0 Å². The second-order valence-corrected chi connectivity index (χ2v) is 6.89. The van der Waals surface area contributed by atoms with Gasteiger partial charge in [-0.3, -0.25) is 0 Å². The van der Waals surface area contributed by atoms with Crippen LogP contribution < -0.4 is 0 Å². The summed E-state index contributed by atoms with van der Waals surface area (Å²) in [5, 5.41) is 19.4. The summed E-state index contributed by atoms with van der Waals surface area (Å²) in [6, 6.07) is 6.63. The SMILES string of the molecule is CCCC(O)C(O)CCc1ccc(S(C)(=O)=O)cc1. The molecule has 1 rings (SSSR count). The molecule has 0 radical (unpaired) electrons. The smallest absolute Gasteiger partial charge is 0.175 e. The normalized spacial score (nSPS) is 15.2. The Labute approximate surface area is 115 Å². The van der Waals surface area contributed by atoms with Gasteiger partial charge in [0, 0.05) is 6.26 Å². The topological polar surface area (TPSA) is 74.6 Å². The number of aliphatic hydroxyl groups excluding tert-OH is 2. The highest BCUT2D eigenvalue weighted by atomic mass is 32.2. The molecule has 1 aromatic rings. The quantitative estimate of drug-likeness (QED) is 0.797. The predicted octanol–water partition coefficient (Wildman–Crippen LogP) is 1.54. The molecule has 0 fully saturated rings. The van der Waals surface area contributed by atoms with Crippen molar-refractivity contribution in [3.8, 4) is 0 Å². The standard InChI is InChI=1S/C14H22O4S/c1-3-4-13(15)14(16)10-7-11-5-8-12(9-6-11)19(2,17)18/h5-6,8-9,13-16H,3-4,7,10H2,1-2H3. The maximum absolute atomic E-state index is 11.3. The third-order valence-electron chi connectivity index (χ3n) is 3.11. The lowest BCUT2D eigenvalue weighted by Crippen LogP contribution is -2.26. The molecule has 2 atom stereocenters. The summed E-state index contributed by atoms with van der Waals surface area (Å²) in [4.78, 5) is 0.294. The molecule has 0 saturated heterocycles. The Balaban J connectivity index is 2.55. The van der Waals surface area contributed by atoms with E-state index in [1.807, 2.05) is 6.92 Å². The second-order valence-electron chi connectivity index (χ2n) is 4.88. The number of aliphatic hydroxyl groups is 2. The van der Waals surface area contributed by atoms with Crippen molar-refractivity contribution in [1.82, 2.24) is 0 Å². The number of aryl methyl sites for hydroxylation is 1. The van der Waals surface area contributed by atoms with E-state index in [1.165, 1.54) is 6.26 Å². The molecule has 0 spiro atoms. The Hall–Kier alpha value is -0.910. The first kappa shape index (κ1) is 16.1. The van der Waals surface area contributed by atoms with Gasteiger partial charge in [-0.1, -0.05) is 25.5 Å². The average Bonchev–Trinajstić information content (AvgIpc) is 2.35. The predicted molar refractivity (Wildman–Crippen MR) is 74.8 cm³/mol. The lowest BCUT2D eigenvalue weighted by molar-refractivity contribution is 0.00981. The van der Waals surface area contributed by atoms with Crippen LogP contribution in [0.25, 0.3) is 0 Å². The largest absolute Gasteiger partial charge is 0.390 e. The van der Waals surface area contributed by atoms with Crippen LogP contribution in [0.1, 0.15) is 31.7 Å². The van der Waals surface area contributed by atoms with Crippen molar-refractivity contribution in [2.24, 2.45) is 0 Å². The number of sulfone groups is 1. The molecule has 0 aromatic heterocycles.